The SMILES string of the molecule is CC(CO)CC1C=CCCC1. The topological polar surface area (TPSA) is 20.2 Å². The second-order valence-corrected chi connectivity index (χ2v) is 3.64. The van der Waals surface area contributed by atoms with E-state index in [-0.39, 0.29) is 0 Å². The Bertz CT molecular complexity index is 129. The van der Waals surface area contributed by atoms with Crippen molar-refractivity contribution >= 4 is 0 Å². The van der Waals surface area contributed by atoms with E-state index in [1.165, 1.54) is 19.3 Å². The number of hydrogen-bond acceptors (Lipinski definition) is 1. The molecule has 1 rings (SSSR count). The van der Waals surface area contributed by atoms with Crippen LogP contribution < -0.4 is 0 Å². The van der Waals surface area contributed by atoms with E-state index in [0.29, 0.717) is 12.5 Å². The molecule has 0 saturated heterocycles. The molecule has 0 aromatic carbocycles. The van der Waals surface area contributed by atoms with Crippen LogP contribution in [-0.2, 0) is 0 Å². The molecule has 1 heteroatoms. The molecule has 0 amide bonds. The number of hydrogen-bond donors (Lipinski definition) is 1. The van der Waals surface area contributed by atoms with Crippen molar-refractivity contribution in [3.05, 3.63) is 12.2 Å². The molecule has 11 heavy (non-hydrogen) atoms. The Kier molecular flexibility index (Phi) is 3.64. The van der Waals surface area contributed by atoms with Crippen LogP contribution in [0.2, 0.25) is 0 Å². The van der Waals surface area contributed by atoms with Crippen molar-refractivity contribution in [2.45, 2.75) is 32.6 Å². The molecular formula is C10H18O. The van der Waals surface area contributed by atoms with Gasteiger partial charge in [0.15, 0.2) is 0 Å². The molecular weight excluding hydrogens is 136 g/mol. The predicted octanol–water partition coefficient (Wildman–Crippen LogP) is 2.36. The summed E-state index contributed by atoms with van der Waals surface area (Å²) in [5.41, 5.74) is 0. The van der Waals surface area contributed by atoms with Crippen LogP contribution in [0.1, 0.15) is 32.6 Å². The van der Waals surface area contributed by atoms with Crippen LogP contribution >= 0.6 is 0 Å². The van der Waals surface area contributed by atoms with Gasteiger partial charge in [-0.25, -0.2) is 0 Å². The lowest BCUT2D eigenvalue weighted by molar-refractivity contribution is 0.216. The van der Waals surface area contributed by atoms with Crippen molar-refractivity contribution in [1.29, 1.82) is 0 Å². The quantitative estimate of drug-likeness (QED) is 0.619. The van der Waals surface area contributed by atoms with Gasteiger partial charge in [-0.2, -0.15) is 0 Å². The zero-order valence-electron chi connectivity index (χ0n) is 7.29. The molecule has 2 atom stereocenters. The van der Waals surface area contributed by atoms with Crippen LogP contribution in [0.3, 0.4) is 0 Å². The number of aliphatic hydroxyl groups excluding tert-OH is 1. The fourth-order valence-electron chi connectivity index (χ4n) is 1.67. The summed E-state index contributed by atoms with van der Waals surface area (Å²) in [4.78, 5) is 0. The Morgan fingerprint density at radius 1 is 1.64 bits per heavy atom. The average molecular weight is 154 g/mol. The van der Waals surface area contributed by atoms with Gasteiger partial charge in [0.25, 0.3) is 0 Å². The van der Waals surface area contributed by atoms with Gasteiger partial charge in [0, 0.05) is 6.61 Å². The molecule has 0 aliphatic heterocycles. The van der Waals surface area contributed by atoms with Gasteiger partial charge in [0.1, 0.15) is 0 Å². The summed E-state index contributed by atoms with van der Waals surface area (Å²) in [6.07, 6.45) is 9.66. The van der Waals surface area contributed by atoms with Crippen molar-refractivity contribution in [2.75, 3.05) is 6.61 Å². The summed E-state index contributed by atoms with van der Waals surface area (Å²) in [5.74, 6) is 1.22. The van der Waals surface area contributed by atoms with Gasteiger partial charge in [-0.3, -0.25) is 0 Å². The molecule has 0 saturated carbocycles. The maximum atomic E-state index is 8.84. The summed E-state index contributed by atoms with van der Waals surface area (Å²) >= 11 is 0. The van der Waals surface area contributed by atoms with E-state index in [2.05, 4.69) is 19.1 Å². The van der Waals surface area contributed by atoms with Gasteiger partial charge >= 0.3 is 0 Å². The van der Waals surface area contributed by atoms with Crippen LogP contribution in [0.5, 0.6) is 0 Å². The van der Waals surface area contributed by atoms with Gasteiger partial charge in [-0.15, -0.1) is 0 Å². The van der Waals surface area contributed by atoms with Crippen molar-refractivity contribution in [2.24, 2.45) is 11.8 Å². The molecule has 0 radical (unpaired) electrons. The van der Waals surface area contributed by atoms with Gasteiger partial charge in [0.2, 0.25) is 0 Å². The van der Waals surface area contributed by atoms with E-state index in [9.17, 15) is 0 Å². The molecule has 0 fully saturated rings. The lowest BCUT2D eigenvalue weighted by Crippen LogP contribution is -2.09. The predicted molar refractivity (Wildman–Crippen MR) is 47.3 cm³/mol. The first-order chi connectivity index (χ1) is 5.33. The van der Waals surface area contributed by atoms with E-state index in [4.69, 9.17) is 5.11 Å². The molecule has 0 aromatic heterocycles. The molecule has 64 valence electrons. The smallest absolute Gasteiger partial charge is 0.0456 e. The summed E-state index contributed by atoms with van der Waals surface area (Å²) in [7, 11) is 0. The summed E-state index contributed by atoms with van der Waals surface area (Å²) in [6.45, 7) is 2.45. The van der Waals surface area contributed by atoms with E-state index >= 15 is 0 Å². The lowest BCUT2D eigenvalue weighted by atomic mass is 9.88. The molecule has 0 aromatic rings. The first-order valence-corrected chi connectivity index (χ1v) is 4.60. The van der Waals surface area contributed by atoms with Gasteiger partial charge < -0.3 is 5.11 Å². The standard InChI is InChI=1S/C10H18O/c1-9(8-11)7-10-5-3-2-4-6-10/h3,5,9-11H,2,4,6-8H2,1H3. The molecule has 2 unspecified atom stereocenters. The number of allylic oxidation sites excluding steroid dienone is 2. The van der Waals surface area contributed by atoms with E-state index in [1.54, 1.807) is 0 Å². The molecule has 1 N–H and O–H groups in total. The van der Waals surface area contributed by atoms with Crippen LogP contribution in [0, 0.1) is 11.8 Å². The Hall–Kier alpha value is -0.300. The molecule has 0 heterocycles. The number of rotatable bonds is 3. The molecule has 1 nitrogen and oxygen atoms in total. The third kappa shape index (κ3) is 3.06. The molecule has 0 spiro atoms. The van der Waals surface area contributed by atoms with E-state index in [0.717, 1.165) is 12.3 Å². The van der Waals surface area contributed by atoms with Crippen molar-refractivity contribution in [3.63, 3.8) is 0 Å². The maximum Gasteiger partial charge on any atom is 0.0456 e. The third-order valence-corrected chi connectivity index (χ3v) is 2.37. The van der Waals surface area contributed by atoms with E-state index < -0.39 is 0 Å². The fraction of sp³-hybridized carbons (Fsp3) is 0.800. The molecule has 1 aliphatic carbocycles. The highest BCUT2D eigenvalue weighted by Gasteiger charge is 2.11. The molecule has 0 bridgehead atoms. The summed E-state index contributed by atoms with van der Waals surface area (Å²) < 4.78 is 0. The second kappa shape index (κ2) is 4.55. The molecule has 1 aliphatic rings. The third-order valence-electron chi connectivity index (χ3n) is 2.37. The highest BCUT2D eigenvalue weighted by Crippen LogP contribution is 2.23. The normalized spacial score (nSPS) is 26.9. The van der Waals surface area contributed by atoms with E-state index in [1.807, 2.05) is 0 Å². The van der Waals surface area contributed by atoms with Gasteiger partial charge in [-0.05, 0) is 37.5 Å². The minimum Gasteiger partial charge on any atom is -0.396 e. The second-order valence-electron chi connectivity index (χ2n) is 3.64. The zero-order valence-corrected chi connectivity index (χ0v) is 7.29. The Morgan fingerprint density at radius 2 is 2.45 bits per heavy atom. The van der Waals surface area contributed by atoms with Crippen molar-refractivity contribution < 1.29 is 5.11 Å². The highest BCUT2D eigenvalue weighted by molar-refractivity contribution is 4.93. The van der Waals surface area contributed by atoms with Crippen LogP contribution in [0.25, 0.3) is 0 Å². The fourth-order valence-corrected chi connectivity index (χ4v) is 1.67. The summed E-state index contributed by atoms with van der Waals surface area (Å²) in [6, 6.07) is 0. The monoisotopic (exact) mass is 154 g/mol. The first kappa shape index (κ1) is 8.79. The number of aliphatic hydroxyl groups is 1. The highest BCUT2D eigenvalue weighted by atomic mass is 16.3. The van der Waals surface area contributed by atoms with Gasteiger partial charge in [-0.1, -0.05) is 19.1 Å². The van der Waals surface area contributed by atoms with Gasteiger partial charge in [0.05, 0.1) is 0 Å². The maximum absolute atomic E-state index is 8.84. The minimum absolute atomic E-state index is 0.338. The minimum atomic E-state index is 0.338. The Labute approximate surface area is 69.1 Å². The van der Waals surface area contributed by atoms with Crippen LogP contribution in [0.4, 0.5) is 0 Å². The zero-order chi connectivity index (χ0) is 8.10. The van der Waals surface area contributed by atoms with Crippen molar-refractivity contribution in [1.82, 2.24) is 0 Å². The Morgan fingerprint density at radius 3 is 3.00 bits per heavy atom. The Balaban J connectivity index is 2.24. The van der Waals surface area contributed by atoms with Crippen molar-refractivity contribution in [3.8, 4) is 0 Å². The van der Waals surface area contributed by atoms with Crippen LogP contribution in [-0.4, -0.2) is 11.7 Å². The average Bonchev–Trinajstić information content (AvgIpc) is 2.06. The van der Waals surface area contributed by atoms with Crippen LogP contribution in [0.15, 0.2) is 12.2 Å². The lowest BCUT2D eigenvalue weighted by Gasteiger charge is -2.18. The summed E-state index contributed by atoms with van der Waals surface area (Å²) in [5, 5.41) is 8.84. The first-order valence-electron chi connectivity index (χ1n) is 4.60. The largest absolute Gasteiger partial charge is 0.396 e.